The molecule has 1 aromatic carbocycles. The highest BCUT2D eigenvalue weighted by molar-refractivity contribution is 5.77. The van der Waals surface area contributed by atoms with E-state index in [1.54, 1.807) is 12.3 Å². The smallest absolute Gasteiger partial charge is 0.258 e. The first-order chi connectivity index (χ1) is 12.8. The summed E-state index contributed by atoms with van der Waals surface area (Å²) in [6, 6.07) is 12.0. The molecule has 26 heavy (non-hydrogen) atoms. The molecular weight excluding hydrogens is 328 g/mol. The molecule has 0 bridgehead atoms. The van der Waals surface area contributed by atoms with Gasteiger partial charge in [0, 0.05) is 32.1 Å². The van der Waals surface area contributed by atoms with Crippen molar-refractivity contribution in [3.05, 3.63) is 64.6 Å². The number of nitrogens with zero attached hydrogens (tertiary/aromatic N) is 2. The van der Waals surface area contributed by atoms with Crippen molar-refractivity contribution in [2.45, 2.75) is 31.8 Å². The van der Waals surface area contributed by atoms with Crippen LogP contribution in [0.25, 0.3) is 10.9 Å². The van der Waals surface area contributed by atoms with E-state index >= 15 is 0 Å². The molecule has 0 unspecified atom stereocenters. The summed E-state index contributed by atoms with van der Waals surface area (Å²) in [4.78, 5) is 22.0. The van der Waals surface area contributed by atoms with Gasteiger partial charge in [-0.3, -0.25) is 9.69 Å². The van der Waals surface area contributed by atoms with E-state index in [1.807, 2.05) is 30.3 Å². The SMILES string of the molecule is O=c1[nH]c(CCNC2CCN(Cc3ccco3)CC2)nc2ccccc12. The molecule has 6 heteroatoms. The van der Waals surface area contributed by atoms with Gasteiger partial charge in [0.25, 0.3) is 5.56 Å². The van der Waals surface area contributed by atoms with Gasteiger partial charge in [0.15, 0.2) is 0 Å². The molecular formula is C20H24N4O2. The molecule has 3 aromatic rings. The van der Waals surface area contributed by atoms with Crippen LogP contribution in [0, 0.1) is 0 Å². The number of likely N-dealkylation sites (tertiary alicyclic amines) is 1. The minimum Gasteiger partial charge on any atom is -0.468 e. The van der Waals surface area contributed by atoms with Crippen molar-refractivity contribution in [1.29, 1.82) is 0 Å². The van der Waals surface area contributed by atoms with Crippen LogP contribution in [-0.4, -0.2) is 40.5 Å². The van der Waals surface area contributed by atoms with Crippen LogP contribution < -0.4 is 10.9 Å². The largest absolute Gasteiger partial charge is 0.468 e. The van der Waals surface area contributed by atoms with Gasteiger partial charge < -0.3 is 14.7 Å². The van der Waals surface area contributed by atoms with E-state index in [4.69, 9.17) is 4.42 Å². The fraction of sp³-hybridized carbons (Fsp3) is 0.400. The number of aromatic nitrogens is 2. The van der Waals surface area contributed by atoms with E-state index in [-0.39, 0.29) is 5.56 Å². The molecule has 1 aliphatic rings. The van der Waals surface area contributed by atoms with Crippen LogP contribution in [0.4, 0.5) is 0 Å². The van der Waals surface area contributed by atoms with Crippen molar-refractivity contribution in [3.63, 3.8) is 0 Å². The zero-order valence-electron chi connectivity index (χ0n) is 14.8. The zero-order valence-corrected chi connectivity index (χ0v) is 14.8. The lowest BCUT2D eigenvalue weighted by atomic mass is 10.0. The van der Waals surface area contributed by atoms with Gasteiger partial charge in [-0.05, 0) is 37.1 Å². The van der Waals surface area contributed by atoms with Crippen LogP contribution in [0.15, 0.2) is 51.9 Å². The third-order valence-electron chi connectivity index (χ3n) is 5.00. The Morgan fingerprint density at radius 2 is 2.04 bits per heavy atom. The minimum absolute atomic E-state index is 0.0585. The summed E-state index contributed by atoms with van der Waals surface area (Å²) >= 11 is 0. The van der Waals surface area contributed by atoms with E-state index in [0.29, 0.717) is 11.4 Å². The van der Waals surface area contributed by atoms with E-state index in [2.05, 4.69) is 20.2 Å². The average molecular weight is 352 g/mol. The third kappa shape index (κ3) is 4.03. The molecule has 2 N–H and O–H groups in total. The number of hydrogen-bond donors (Lipinski definition) is 2. The van der Waals surface area contributed by atoms with Gasteiger partial charge in [-0.25, -0.2) is 4.98 Å². The molecule has 0 atom stereocenters. The summed E-state index contributed by atoms with van der Waals surface area (Å²) in [5, 5.41) is 4.25. The number of furan rings is 1. The van der Waals surface area contributed by atoms with Crippen LogP contribution in [0.2, 0.25) is 0 Å². The quantitative estimate of drug-likeness (QED) is 0.712. The number of H-pyrrole nitrogens is 1. The monoisotopic (exact) mass is 352 g/mol. The third-order valence-corrected chi connectivity index (χ3v) is 5.00. The summed E-state index contributed by atoms with van der Waals surface area (Å²) in [5.41, 5.74) is 0.703. The maximum Gasteiger partial charge on any atom is 0.258 e. The van der Waals surface area contributed by atoms with Gasteiger partial charge in [0.05, 0.1) is 23.7 Å². The fourth-order valence-electron chi connectivity index (χ4n) is 3.57. The van der Waals surface area contributed by atoms with Crippen molar-refractivity contribution in [3.8, 4) is 0 Å². The lowest BCUT2D eigenvalue weighted by Gasteiger charge is -2.31. The summed E-state index contributed by atoms with van der Waals surface area (Å²) in [6.45, 7) is 3.86. The van der Waals surface area contributed by atoms with Crippen molar-refractivity contribution in [1.82, 2.24) is 20.2 Å². The first kappa shape index (κ1) is 17.0. The maximum atomic E-state index is 12.1. The second-order valence-corrected chi connectivity index (χ2v) is 6.86. The molecule has 2 aromatic heterocycles. The van der Waals surface area contributed by atoms with Crippen molar-refractivity contribution in [2.75, 3.05) is 19.6 Å². The summed E-state index contributed by atoms with van der Waals surface area (Å²) in [7, 11) is 0. The molecule has 0 saturated carbocycles. The van der Waals surface area contributed by atoms with E-state index in [9.17, 15) is 4.79 Å². The summed E-state index contributed by atoms with van der Waals surface area (Å²) in [5.74, 6) is 1.78. The number of para-hydroxylation sites is 1. The lowest BCUT2D eigenvalue weighted by Crippen LogP contribution is -2.42. The molecule has 0 aliphatic carbocycles. The van der Waals surface area contributed by atoms with Gasteiger partial charge in [0.2, 0.25) is 0 Å². The Kier molecular flexibility index (Phi) is 5.13. The Balaban J connectivity index is 1.25. The van der Waals surface area contributed by atoms with Crippen molar-refractivity contribution >= 4 is 10.9 Å². The van der Waals surface area contributed by atoms with Crippen LogP contribution in [0.1, 0.15) is 24.4 Å². The number of nitrogens with one attached hydrogen (secondary N) is 2. The maximum absolute atomic E-state index is 12.1. The molecule has 0 amide bonds. The fourth-order valence-corrected chi connectivity index (χ4v) is 3.57. The Morgan fingerprint density at radius 3 is 2.85 bits per heavy atom. The van der Waals surface area contributed by atoms with Crippen molar-refractivity contribution < 1.29 is 4.42 Å². The molecule has 0 spiro atoms. The van der Waals surface area contributed by atoms with E-state index < -0.39 is 0 Å². The van der Waals surface area contributed by atoms with Crippen LogP contribution >= 0.6 is 0 Å². The number of hydrogen-bond acceptors (Lipinski definition) is 5. The molecule has 4 rings (SSSR count). The number of aromatic amines is 1. The van der Waals surface area contributed by atoms with Crippen molar-refractivity contribution in [2.24, 2.45) is 0 Å². The van der Waals surface area contributed by atoms with Gasteiger partial charge in [-0.1, -0.05) is 12.1 Å². The number of rotatable bonds is 6. The molecule has 1 fully saturated rings. The van der Waals surface area contributed by atoms with Gasteiger partial charge >= 0.3 is 0 Å². The molecule has 3 heterocycles. The van der Waals surface area contributed by atoms with Crippen LogP contribution in [0.3, 0.4) is 0 Å². The van der Waals surface area contributed by atoms with Crippen LogP contribution in [0.5, 0.6) is 0 Å². The summed E-state index contributed by atoms with van der Waals surface area (Å²) < 4.78 is 5.42. The predicted molar refractivity (Wildman–Crippen MR) is 101 cm³/mol. The van der Waals surface area contributed by atoms with E-state index in [0.717, 1.165) is 62.5 Å². The highest BCUT2D eigenvalue weighted by Crippen LogP contribution is 2.14. The Bertz CT molecular complexity index is 896. The molecule has 1 aliphatic heterocycles. The second kappa shape index (κ2) is 7.85. The first-order valence-electron chi connectivity index (χ1n) is 9.24. The Morgan fingerprint density at radius 1 is 1.19 bits per heavy atom. The Labute approximate surface area is 152 Å². The standard InChI is InChI=1S/C20H24N4O2/c25-20-17-5-1-2-6-18(17)22-19(23-20)7-10-21-15-8-11-24(12-9-15)14-16-4-3-13-26-16/h1-6,13,15,21H,7-12,14H2,(H,22,23,25). The van der Waals surface area contributed by atoms with Crippen LogP contribution in [-0.2, 0) is 13.0 Å². The first-order valence-corrected chi connectivity index (χ1v) is 9.24. The normalized spacial score (nSPS) is 16.3. The van der Waals surface area contributed by atoms with Gasteiger partial charge in [-0.2, -0.15) is 0 Å². The minimum atomic E-state index is -0.0585. The molecule has 0 radical (unpaired) electrons. The predicted octanol–water partition coefficient (Wildman–Crippen LogP) is 2.31. The lowest BCUT2D eigenvalue weighted by molar-refractivity contribution is 0.179. The molecule has 1 saturated heterocycles. The number of benzene rings is 1. The Hall–Kier alpha value is -2.44. The van der Waals surface area contributed by atoms with E-state index in [1.165, 1.54) is 0 Å². The molecule has 136 valence electrons. The highest BCUT2D eigenvalue weighted by atomic mass is 16.3. The second-order valence-electron chi connectivity index (χ2n) is 6.86. The van der Waals surface area contributed by atoms with Gasteiger partial charge in [0.1, 0.15) is 11.6 Å². The zero-order chi connectivity index (χ0) is 17.8. The highest BCUT2D eigenvalue weighted by Gasteiger charge is 2.19. The number of fused-ring (bicyclic) bond motifs is 1. The topological polar surface area (TPSA) is 74.2 Å². The van der Waals surface area contributed by atoms with Gasteiger partial charge in [-0.15, -0.1) is 0 Å². The summed E-state index contributed by atoms with van der Waals surface area (Å²) in [6.07, 6.45) is 4.71. The number of piperidine rings is 1. The molecule has 6 nitrogen and oxygen atoms in total. The average Bonchev–Trinajstić information content (AvgIpc) is 3.16.